The molecule has 0 unspecified atom stereocenters. The lowest BCUT2D eigenvalue weighted by molar-refractivity contribution is -0.133. The molecule has 0 spiro atoms. The molecule has 0 saturated heterocycles. The lowest BCUT2D eigenvalue weighted by Gasteiger charge is -2.16. The van der Waals surface area contributed by atoms with E-state index >= 15 is 0 Å². The number of hydrogen-bond donors (Lipinski definition) is 1. The molecule has 1 N–H and O–H groups in total. The van der Waals surface area contributed by atoms with Crippen molar-refractivity contribution < 1.29 is 9.59 Å². The summed E-state index contributed by atoms with van der Waals surface area (Å²) in [6.07, 6.45) is 1.86. The van der Waals surface area contributed by atoms with E-state index in [-0.39, 0.29) is 18.2 Å². The molecule has 1 aromatic carbocycles. The molecule has 20 heavy (non-hydrogen) atoms. The fraction of sp³-hybridized carbons (Fsp3) is 0.467. The van der Waals surface area contributed by atoms with Crippen LogP contribution < -0.4 is 5.32 Å². The normalized spacial score (nSPS) is 10.2. The third kappa shape index (κ3) is 5.33. The van der Waals surface area contributed by atoms with Gasteiger partial charge in [-0.25, -0.2) is 0 Å². The van der Waals surface area contributed by atoms with Crippen LogP contribution in [0.3, 0.4) is 0 Å². The molecule has 0 bridgehead atoms. The summed E-state index contributed by atoms with van der Waals surface area (Å²) in [6, 6.07) is 5.66. The van der Waals surface area contributed by atoms with Crippen molar-refractivity contribution in [2.45, 2.75) is 33.1 Å². The summed E-state index contributed by atoms with van der Waals surface area (Å²) < 4.78 is 0.817. The lowest BCUT2D eigenvalue weighted by atomic mass is 10.2. The van der Waals surface area contributed by atoms with Crippen molar-refractivity contribution in [3.63, 3.8) is 0 Å². The summed E-state index contributed by atoms with van der Waals surface area (Å²) in [5, 5.41) is 2.75. The van der Waals surface area contributed by atoms with Gasteiger partial charge in [0.15, 0.2) is 0 Å². The van der Waals surface area contributed by atoms with E-state index in [1.807, 2.05) is 25.1 Å². The van der Waals surface area contributed by atoms with Crippen molar-refractivity contribution in [2.24, 2.45) is 0 Å². The predicted molar refractivity (Wildman–Crippen MR) is 84.7 cm³/mol. The molecule has 5 heteroatoms. The van der Waals surface area contributed by atoms with Gasteiger partial charge < -0.3 is 10.2 Å². The zero-order valence-corrected chi connectivity index (χ0v) is 13.8. The van der Waals surface area contributed by atoms with Gasteiger partial charge in [0.1, 0.15) is 6.42 Å². The van der Waals surface area contributed by atoms with E-state index in [4.69, 9.17) is 0 Å². The first-order valence-corrected chi connectivity index (χ1v) is 7.53. The van der Waals surface area contributed by atoms with Crippen molar-refractivity contribution in [2.75, 3.05) is 18.9 Å². The largest absolute Gasteiger partial charge is 0.345 e. The minimum atomic E-state index is -0.289. The number of aryl methyl sites for hydroxylation is 1. The van der Waals surface area contributed by atoms with Crippen LogP contribution in [-0.4, -0.2) is 30.3 Å². The van der Waals surface area contributed by atoms with Crippen LogP contribution in [0.1, 0.15) is 31.7 Å². The topological polar surface area (TPSA) is 49.4 Å². The van der Waals surface area contributed by atoms with Gasteiger partial charge in [-0.05, 0) is 47.0 Å². The van der Waals surface area contributed by atoms with Crippen molar-refractivity contribution in [1.29, 1.82) is 0 Å². The maximum Gasteiger partial charge on any atom is 0.233 e. The Hall–Kier alpha value is -1.36. The SMILES string of the molecule is CCCCN(C)C(=O)CC(=O)Nc1ccc(C)cc1Br. The Bertz CT molecular complexity index is 489. The molecule has 0 radical (unpaired) electrons. The highest BCUT2D eigenvalue weighted by molar-refractivity contribution is 9.10. The molecule has 0 heterocycles. The maximum absolute atomic E-state index is 11.9. The van der Waals surface area contributed by atoms with Crippen LogP contribution in [0.2, 0.25) is 0 Å². The van der Waals surface area contributed by atoms with Crippen LogP contribution in [0.15, 0.2) is 22.7 Å². The van der Waals surface area contributed by atoms with Gasteiger partial charge in [0.25, 0.3) is 0 Å². The molecule has 1 rings (SSSR count). The van der Waals surface area contributed by atoms with E-state index in [1.165, 1.54) is 0 Å². The number of nitrogens with one attached hydrogen (secondary N) is 1. The third-order valence-corrected chi connectivity index (χ3v) is 3.64. The maximum atomic E-state index is 11.9. The standard InChI is InChI=1S/C15H21BrN2O2/c1-4-5-8-18(3)15(20)10-14(19)17-13-7-6-11(2)9-12(13)16/h6-7,9H,4-5,8,10H2,1-3H3,(H,17,19). The van der Waals surface area contributed by atoms with Gasteiger partial charge in [-0.2, -0.15) is 0 Å². The summed E-state index contributed by atoms with van der Waals surface area (Å²) in [5.41, 5.74) is 1.79. The molecule has 0 aliphatic heterocycles. The van der Waals surface area contributed by atoms with E-state index in [0.717, 1.165) is 22.9 Å². The molecule has 0 fully saturated rings. The molecule has 0 aromatic heterocycles. The molecule has 0 saturated carbocycles. The Morgan fingerprint density at radius 1 is 1.35 bits per heavy atom. The number of halogens is 1. The van der Waals surface area contributed by atoms with E-state index in [2.05, 4.69) is 28.2 Å². The zero-order valence-electron chi connectivity index (χ0n) is 12.2. The molecule has 0 aliphatic rings. The van der Waals surface area contributed by atoms with E-state index in [0.29, 0.717) is 12.2 Å². The second-order valence-electron chi connectivity index (χ2n) is 4.88. The van der Waals surface area contributed by atoms with E-state index in [1.54, 1.807) is 11.9 Å². The summed E-state index contributed by atoms with van der Waals surface area (Å²) in [7, 11) is 1.73. The third-order valence-electron chi connectivity index (χ3n) is 2.98. The first kappa shape index (κ1) is 16.7. The van der Waals surface area contributed by atoms with Crippen LogP contribution in [-0.2, 0) is 9.59 Å². The number of hydrogen-bond acceptors (Lipinski definition) is 2. The fourth-order valence-corrected chi connectivity index (χ4v) is 2.30. The van der Waals surface area contributed by atoms with Crippen LogP contribution >= 0.6 is 15.9 Å². The van der Waals surface area contributed by atoms with Gasteiger partial charge in [-0.3, -0.25) is 9.59 Å². The Morgan fingerprint density at radius 2 is 2.05 bits per heavy atom. The number of rotatable bonds is 6. The van der Waals surface area contributed by atoms with Crippen LogP contribution in [0.25, 0.3) is 0 Å². The average Bonchev–Trinajstić information content (AvgIpc) is 2.39. The number of amides is 2. The Labute approximate surface area is 128 Å². The Balaban J connectivity index is 2.53. The number of nitrogens with zero attached hydrogens (tertiary/aromatic N) is 1. The van der Waals surface area contributed by atoms with Gasteiger partial charge in [-0.15, -0.1) is 0 Å². The number of carbonyl (C=O) groups excluding carboxylic acids is 2. The second-order valence-corrected chi connectivity index (χ2v) is 5.73. The highest BCUT2D eigenvalue weighted by Gasteiger charge is 2.14. The summed E-state index contributed by atoms with van der Waals surface area (Å²) in [5.74, 6) is -0.443. The predicted octanol–water partition coefficient (Wildman–Crippen LogP) is 3.34. The summed E-state index contributed by atoms with van der Waals surface area (Å²) >= 11 is 3.39. The summed E-state index contributed by atoms with van der Waals surface area (Å²) in [6.45, 7) is 4.74. The van der Waals surface area contributed by atoms with Crippen molar-refractivity contribution in [3.8, 4) is 0 Å². The number of anilines is 1. The minimum absolute atomic E-state index is 0.124. The van der Waals surface area contributed by atoms with Crippen molar-refractivity contribution in [3.05, 3.63) is 28.2 Å². The molecule has 0 atom stereocenters. The highest BCUT2D eigenvalue weighted by atomic mass is 79.9. The van der Waals surface area contributed by atoms with Gasteiger partial charge in [-0.1, -0.05) is 19.4 Å². The minimum Gasteiger partial charge on any atom is -0.345 e. The van der Waals surface area contributed by atoms with Gasteiger partial charge in [0.2, 0.25) is 11.8 Å². The molecular weight excluding hydrogens is 320 g/mol. The number of unbranched alkanes of at least 4 members (excludes halogenated alkanes) is 1. The molecule has 0 aliphatic carbocycles. The van der Waals surface area contributed by atoms with Gasteiger partial charge in [0.05, 0.1) is 5.69 Å². The fourth-order valence-electron chi connectivity index (χ4n) is 1.71. The highest BCUT2D eigenvalue weighted by Crippen LogP contribution is 2.23. The first-order chi connectivity index (χ1) is 9.43. The van der Waals surface area contributed by atoms with E-state index < -0.39 is 0 Å². The van der Waals surface area contributed by atoms with Crippen LogP contribution in [0, 0.1) is 6.92 Å². The smallest absolute Gasteiger partial charge is 0.233 e. The van der Waals surface area contributed by atoms with Gasteiger partial charge >= 0.3 is 0 Å². The summed E-state index contributed by atoms with van der Waals surface area (Å²) in [4.78, 5) is 25.3. The van der Waals surface area contributed by atoms with Crippen molar-refractivity contribution >= 4 is 33.4 Å². The number of benzene rings is 1. The monoisotopic (exact) mass is 340 g/mol. The first-order valence-electron chi connectivity index (χ1n) is 6.74. The van der Waals surface area contributed by atoms with Crippen LogP contribution in [0.4, 0.5) is 5.69 Å². The Kier molecular flexibility index (Phi) is 6.71. The molecule has 1 aromatic rings. The number of carbonyl (C=O) groups is 2. The van der Waals surface area contributed by atoms with Crippen LogP contribution in [0.5, 0.6) is 0 Å². The van der Waals surface area contributed by atoms with E-state index in [9.17, 15) is 9.59 Å². The van der Waals surface area contributed by atoms with Crippen molar-refractivity contribution in [1.82, 2.24) is 4.90 Å². The molecule has 110 valence electrons. The molecule has 4 nitrogen and oxygen atoms in total. The zero-order chi connectivity index (χ0) is 15.1. The van der Waals surface area contributed by atoms with Gasteiger partial charge in [0, 0.05) is 18.1 Å². The lowest BCUT2D eigenvalue weighted by Crippen LogP contribution is -2.31. The Morgan fingerprint density at radius 3 is 2.65 bits per heavy atom. The quantitative estimate of drug-likeness (QED) is 0.807. The average molecular weight is 341 g/mol. The molecular formula is C15H21BrN2O2. The second kappa shape index (κ2) is 8.04. The molecule has 2 amide bonds.